The van der Waals surface area contributed by atoms with Gasteiger partial charge in [-0.25, -0.2) is 17.2 Å². The molecule has 0 aliphatic heterocycles. The van der Waals surface area contributed by atoms with Crippen LogP contribution >= 0.6 is 11.6 Å². The lowest BCUT2D eigenvalue weighted by molar-refractivity contribution is -0.0413. The van der Waals surface area contributed by atoms with E-state index in [1.807, 2.05) is 0 Å². The molecule has 0 spiro atoms. The van der Waals surface area contributed by atoms with E-state index >= 15 is 0 Å². The van der Waals surface area contributed by atoms with E-state index < -0.39 is 38.2 Å². The van der Waals surface area contributed by atoms with Crippen LogP contribution in [0, 0.1) is 23.5 Å². The van der Waals surface area contributed by atoms with Crippen molar-refractivity contribution in [2.24, 2.45) is 11.8 Å². The van der Waals surface area contributed by atoms with Crippen LogP contribution in [0.5, 0.6) is 0 Å². The predicted octanol–water partition coefficient (Wildman–Crippen LogP) is 6.25. The molecule has 2 N–H and O–H groups in total. The van der Waals surface area contributed by atoms with Crippen molar-refractivity contribution in [1.82, 2.24) is 0 Å². The Morgan fingerprint density at radius 2 is 1.65 bits per heavy atom. The topological polar surface area (TPSA) is 83.5 Å². The highest BCUT2D eigenvalue weighted by molar-refractivity contribution is 7.92. The zero-order valence-electron chi connectivity index (χ0n) is 20.0. The lowest BCUT2D eigenvalue weighted by atomic mass is 9.76. The highest BCUT2D eigenvalue weighted by Gasteiger charge is 2.53. The van der Waals surface area contributed by atoms with Crippen molar-refractivity contribution in [3.8, 4) is 11.1 Å². The maximum absolute atomic E-state index is 13.8. The maximum Gasteiger partial charge on any atom is 0.256 e. The molecule has 9 heteroatoms. The Hall–Kier alpha value is -2.81. The summed E-state index contributed by atoms with van der Waals surface area (Å²) in [7, 11) is -3.94. The fourth-order valence-corrected chi connectivity index (χ4v) is 8.21. The summed E-state index contributed by atoms with van der Waals surface area (Å²) in [6.45, 7) is 1.78. The van der Waals surface area contributed by atoms with Gasteiger partial charge in [0.1, 0.15) is 0 Å². The quantitative estimate of drug-likeness (QED) is 0.397. The number of rotatable bonds is 5. The number of halogens is 3. The van der Waals surface area contributed by atoms with Crippen LogP contribution < -0.4 is 5.32 Å². The standard InChI is InChI=1S/C28H26ClF2NO4S/c1-28(34)17-7-8-18(28)12-20(11-17)37(35,36)26-15-22(21(14-23(26)29)16-5-3-2-4-6-16)27(33)32-19-9-10-24(30)25(31)13-19/h2-6,9-10,13-15,17-18,20,34H,7-8,11-12H2,1H3,(H,32,33)/t17-,18?,20-,28+/m1/s1. The molecule has 37 heavy (non-hydrogen) atoms. The van der Waals surface area contributed by atoms with Gasteiger partial charge >= 0.3 is 0 Å². The second-order valence-corrected chi connectivity index (χ2v) is 12.7. The van der Waals surface area contributed by atoms with Crippen molar-refractivity contribution >= 4 is 33.0 Å². The maximum atomic E-state index is 13.8. The summed E-state index contributed by atoms with van der Waals surface area (Å²) >= 11 is 6.55. The Bertz CT molecular complexity index is 1460. The number of carbonyl (C=O) groups is 1. The Labute approximate surface area is 219 Å². The van der Waals surface area contributed by atoms with Gasteiger partial charge in [0, 0.05) is 17.3 Å². The molecule has 1 unspecified atom stereocenters. The fraction of sp³-hybridized carbons (Fsp3) is 0.321. The normalized spacial score (nSPS) is 25.2. The third kappa shape index (κ3) is 4.67. The third-order valence-electron chi connectivity index (χ3n) is 7.94. The van der Waals surface area contributed by atoms with Crippen LogP contribution in [0.2, 0.25) is 5.02 Å². The van der Waals surface area contributed by atoms with Crippen LogP contribution in [0.4, 0.5) is 14.5 Å². The zero-order valence-corrected chi connectivity index (χ0v) is 21.6. The molecule has 3 aromatic rings. The molecule has 194 valence electrons. The van der Waals surface area contributed by atoms with E-state index in [1.165, 1.54) is 18.2 Å². The van der Waals surface area contributed by atoms with E-state index in [9.17, 15) is 27.1 Å². The number of amides is 1. The molecule has 0 radical (unpaired) electrons. The van der Waals surface area contributed by atoms with E-state index in [0.717, 1.165) is 25.0 Å². The van der Waals surface area contributed by atoms with Gasteiger partial charge in [-0.1, -0.05) is 41.9 Å². The van der Waals surface area contributed by atoms with Gasteiger partial charge in [0.15, 0.2) is 21.5 Å². The van der Waals surface area contributed by atoms with Gasteiger partial charge < -0.3 is 10.4 Å². The van der Waals surface area contributed by atoms with Crippen LogP contribution in [-0.2, 0) is 9.84 Å². The summed E-state index contributed by atoms with van der Waals surface area (Å²) < 4.78 is 54.7. The van der Waals surface area contributed by atoms with E-state index in [-0.39, 0.29) is 33.0 Å². The van der Waals surface area contributed by atoms with Gasteiger partial charge in [-0.3, -0.25) is 4.79 Å². The molecule has 3 aromatic carbocycles. The monoisotopic (exact) mass is 545 g/mol. The van der Waals surface area contributed by atoms with Gasteiger partial charge in [-0.15, -0.1) is 0 Å². The highest BCUT2D eigenvalue weighted by Crippen LogP contribution is 2.52. The number of benzene rings is 3. The second kappa shape index (κ2) is 9.49. The van der Waals surface area contributed by atoms with Crippen LogP contribution in [0.25, 0.3) is 11.1 Å². The van der Waals surface area contributed by atoms with Gasteiger partial charge in [-0.05, 0) is 79.8 Å². The number of hydrogen-bond acceptors (Lipinski definition) is 4. The molecular formula is C28H26ClF2NO4S. The summed E-state index contributed by atoms with van der Waals surface area (Å²) in [6.07, 6.45) is 2.18. The smallest absolute Gasteiger partial charge is 0.256 e. The van der Waals surface area contributed by atoms with Crippen LogP contribution in [0.3, 0.4) is 0 Å². The zero-order chi connectivity index (χ0) is 26.5. The van der Waals surface area contributed by atoms with Crippen LogP contribution in [0.1, 0.15) is 43.0 Å². The Balaban J connectivity index is 1.57. The van der Waals surface area contributed by atoms with Crippen molar-refractivity contribution in [1.29, 1.82) is 0 Å². The number of aliphatic hydroxyl groups is 1. The van der Waals surface area contributed by atoms with Crippen molar-refractivity contribution in [2.75, 3.05) is 5.32 Å². The van der Waals surface area contributed by atoms with Gasteiger partial charge in [0.2, 0.25) is 0 Å². The second-order valence-electron chi connectivity index (χ2n) is 10.1. The first-order valence-corrected chi connectivity index (χ1v) is 14.0. The molecule has 5 nitrogen and oxygen atoms in total. The largest absolute Gasteiger partial charge is 0.390 e. The SMILES string of the molecule is C[C@@]1(O)C2CC[C@@H]1C[C@@H](S(=O)(=O)c1cc(C(=O)Nc3ccc(F)c(F)c3)c(-c3ccccc3)cc1Cl)C2. The highest BCUT2D eigenvalue weighted by atomic mass is 35.5. The van der Waals surface area contributed by atoms with Crippen LogP contribution in [-0.4, -0.2) is 30.3 Å². The Morgan fingerprint density at radius 1 is 1.00 bits per heavy atom. The molecule has 2 aliphatic carbocycles. The van der Waals surface area contributed by atoms with Gasteiger partial charge in [0.25, 0.3) is 5.91 Å². The molecule has 2 saturated carbocycles. The third-order valence-corrected chi connectivity index (χ3v) is 10.6. The lowest BCUT2D eigenvalue weighted by Gasteiger charge is -2.40. The molecule has 2 fully saturated rings. The summed E-state index contributed by atoms with van der Waals surface area (Å²) in [5, 5.41) is 12.6. The van der Waals surface area contributed by atoms with Crippen molar-refractivity contribution in [2.45, 2.75) is 48.4 Å². The molecule has 2 bridgehead atoms. The molecule has 1 amide bonds. The van der Waals surface area contributed by atoms with E-state index in [1.54, 1.807) is 37.3 Å². The first-order chi connectivity index (χ1) is 17.5. The summed E-state index contributed by atoms with van der Waals surface area (Å²) in [4.78, 5) is 13.2. The van der Waals surface area contributed by atoms with Crippen molar-refractivity contribution in [3.63, 3.8) is 0 Å². The number of carbonyl (C=O) groups excluding carboxylic acids is 1. The van der Waals surface area contributed by atoms with Crippen molar-refractivity contribution in [3.05, 3.63) is 82.9 Å². The minimum atomic E-state index is -3.94. The first kappa shape index (κ1) is 25.8. The number of hydrogen-bond donors (Lipinski definition) is 2. The summed E-state index contributed by atoms with van der Waals surface area (Å²) in [5.41, 5.74) is 0.201. The fourth-order valence-electron chi connectivity index (χ4n) is 5.79. The summed E-state index contributed by atoms with van der Waals surface area (Å²) in [5.74, 6) is -3.11. The van der Waals surface area contributed by atoms with Crippen molar-refractivity contribution < 1.29 is 27.1 Å². The summed E-state index contributed by atoms with van der Waals surface area (Å²) in [6, 6.07) is 14.6. The van der Waals surface area contributed by atoms with E-state index in [0.29, 0.717) is 24.0 Å². The van der Waals surface area contributed by atoms with Gasteiger partial charge in [-0.2, -0.15) is 0 Å². The molecule has 0 heterocycles. The molecule has 0 aromatic heterocycles. The first-order valence-electron chi connectivity index (χ1n) is 12.1. The Kier molecular flexibility index (Phi) is 6.63. The Morgan fingerprint density at radius 3 is 2.27 bits per heavy atom. The average molecular weight is 546 g/mol. The molecule has 2 aliphatic rings. The minimum absolute atomic E-state index is 0.00656. The molecular weight excluding hydrogens is 520 g/mol. The van der Waals surface area contributed by atoms with E-state index in [2.05, 4.69) is 5.32 Å². The number of nitrogens with one attached hydrogen (secondary N) is 1. The minimum Gasteiger partial charge on any atom is -0.390 e. The van der Waals surface area contributed by atoms with Gasteiger partial charge in [0.05, 0.1) is 20.8 Å². The number of sulfone groups is 1. The average Bonchev–Trinajstić information content (AvgIpc) is 3.02. The number of fused-ring (bicyclic) bond motifs is 2. The molecule has 4 atom stereocenters. The number of anilines is 1. The molecule has 5 rings (SSSR count). The predicted molar refractivity (Wildman–Crippen MR) is 138 cm³/mol. The van der Waals surface area contributed by atoms with Crippen LogP contribution in [0.15, 0.2) is 65.6 Å². The van der Waals surface area contributed by atoms with E-state index in [4.69, 9.17) is 11.6 Å². The lowest BCUT2D eigenvalue weighted by Crippen LogP contribution is -2.45. The molecule has 0 saturated heterocycles.